The molecule has 0 aliphatic rings. The van der Waals surface area contributed by atoms with Crippen LogP contribution in [0.1, 0.15) is 5.56 Å². The molecule has 90 valence electrons. The van der Waals surface area contributed by atoms with Gasteiger partial charge in [-0.05, 0) is 41.1 Å². The maximum atomic E-state index is 9.74. The van der Waals surface area contributed by atoms with E-state index in [0.717, 1.165) is 32.5 Å². The number of para-hydroxylation sites is 1. The monoisotopic (exact) mass is 302 g/mol. The van der Waals surface area contributed by atoms with Gasteiger partial charge >= 0.3 is 0 Å². The van der Waals surface area contributed by atoms with Gasteiger partial charge in [0.05, 0.1) is 5.52 Å². The van der Waals surface area contributed by atoms with Crippen molar-refractivity contribution in [3.63, 3.8) is 0 Å². The fourth-order valence-corrected chi connectivity index (χ4v) is 2.46. The molecular formula is C14H11BrN2O. The highest BCUT2D eigenvalue weighted by Crippen LogP contribution is 2.30. The number of nitrogens with zero attached hydrogens (tertiary/aromatic N) is 1. The third kappa shape index (κ3) is 1.69. The van der Waals surface area contributed by atoms with E-state index < -0.39 is 0 Å². The molecule has 2 aromatic carbocycles. The summed E-state index contributed by atoms with van der Waals surface area (Å²) in [6.45, 7) is 1.88. The van der Waals surface area contributed by atoms with Gasteiger partial charge in [-0.15, -0.1) is 0 Å². The van der Waals surface area contributed by atoms with E-state index in [9.17, 15) is 5.11 Å². The van der Waals surface area contributed by atoms with E-state index in [1.54, 1.807) is 6.07 Å². The number of imidazole rings is 1. The average Bonchev–Trinajstić information content (AvgIpc) is 2.78. The SMILES string of the molecule is Cc1c(O)cccc1-c1nc2c(Br)cccc2[nH]1. The molecule has 0 radical (unpaired) electrons. The van der Waals surface area contributed by atoms with E-state index in [2.05, 4.69) is 25.9 Å². The highest BCUT2D eigenvalue weighted by molar-refractivity contribution is 9.10. The van der Waals surface area contributed by atoms with E-state index in [0.29, 0.717) is 0 Å². The lowest BCUT2D eigenvalue weighted by molar-refractivity contribution is 0.471. The second-order valence-electron chi connectivity index (χ2n) is 4.17. The van der Waals surface area contributed by atoms with Crippen molar-refractivity contribution in [1.82, 2.24) is 9.97 Å². The molecule has 2 N–H and O–H groups in total. The van der Waals surface area contributed by atoms with Crippen molar-refractivity contribution >= 4 is 27.0 Å². The van der Waals surface area contributed by atoms with Crippen LogP contribution in [0.3, 0.4) is 0 Å². The second kappa shape index (κ2) is 4.14. The minimum absolute atomic E-state index is 0.284. The number of halogens is 1. The van der Waals surface area contributed by atoms with Crippen molar-refractivity contribution in [1.29, 1.82) is 0 Å². The van der Waals surface area contributed by atoms with Crippen LogP contribution in [0.2, 0.25) is 0 Å². The lowest BCUT2D eigenvalue weighted by Gasteiger charge is -2.03. The summed E-state index contributed by atoms with van der Waals surface area (Å²) in [6.07, 6.45) is 0. The first-order chi connectivity index (χ1) is 8.66. The van der Waals surface area contributed by atoms with Crippen molar-refractivity contribution in [2.75, 3.05) is 0 Å². The quantitative estimate of drug-likeness (QED) is 0.713. The summed E-state index contributed by atoms with van der Waals surface area (Å²) in [5.41, 5.74) is 3.61. The van der Waals surface area contributed by atoms with Gasteiger partial charge in [0.15, 0.2) is 0 Å². The Labute approximate surface area is 113 Å². The van der Waals surface area contributed by atoms with Crippen molar-refractivity contribution < 1.29 is 5.11 Å². The molecular weight excluding hydrogens is 292 g/mol. The van der Waals surface area contributed by atoms with Crippen LogP contribution in [-0.2, 0) is 0 Å². The van der Waals surface area contributed by atoms with Gasteiger partial charge in [0.25, 0.3) is 0 Å². The Morgan fingerprint density at radius 3 is 2.72 bits per heavy atom. The van der Waals surface area contributed by atoms with E-state index in [-0.39, 0.29) is 5.75 Å². The van der Waals surface area contributed by atoms with Gasteiger partial charge in [-0.1, -0.05) is 18.2 Å². The van der Waals surface area contributed by atoms with Gasteiger partial charge in [0, 0.05) is 15.6 Å². The molecule has 1 heterocycles. The molecule has 0 atom stereocenters. The summed E-state index contributed by atoms with van der Waals surface area (Å²) in [5.74, 6) is 1.05. The van der Waals surface area contributed by atoms with Crippen molar-refractivity contribution in [2.24, 2.45) is 0 Å². The number of benzene rings is 2. The van der Waals surface area contributed by atoms with Gasteiger partial charge < -0.3 is 10.1 Å². The lowest BCUT2D eigenvalue weighted by Crippen LogP contribution is -1.85. The Kier molecular flexibility index (Phi) is 2.59. The lowest BCUT2D eigenvalue weighted by atomic mass is 10.1. The zero-order valence-corrected chi connectivity index (χ0v) is 11.3. The fraction of sp³-hybridized carbons (Fsp3) is 0.0714. The number of hydrogen-bond acceptors (Lipinski definition) is 2. The molecule has 1 aromatic heterocycles. The molecule has 0 aliphatic heterocycles. The Morgan fingerprint density at radius 2 is 1.94 bits per heavy atom. The number of aromatic amines is 1. The minimum atomic E-state index is 0.284. The second-order valence-corrected chi connectivity index (χ2v) is 5.03. The Bertz CT molecular complexity index is 734. The highest BCUT2D eigenvalue weighted by Gasteiger charge is 2.11. The standard InChI is InChI=1S/C14H11BrN2O/c1-8-9(4-2-7-12(8)18)14-16-11-6-3-5-10(15)13(11)17-14/h2-7,18H,1H3,(H,16,17). The van der Waals surface area contributed by atoms with Gasteiger partial charge in [-0.2, -0.15) is 0 Å². The molecule has 3 nitrogen and oxygen atoms in total. The summed E-state index contributed by atoms with van der Waals surface area (Å²) in [6, 6.07) is 11.3. The van der Waals surface area contributed by atoms with Crippen LogP contribution in [0.25, 0.3) is 22.4 Å². The third-order valence-electron chi connectivity index (χ3n) is 3.02. The van der Waals surface area contributed by atoms with E-state index >= 15 is 0 Å². The average molecular weight is 303 g/mol. The maximum absolute atomic E-state index is 9.74. The molecule has 0 amide bonds. The molecule has 0 saturated carbocycles. The maximum Gasteiger partial charge on any atom is 0.138 e. The van der Waals surface area contributed by atoms with E-state index in [1.807, 2.05) is 37.3 Å². The molecule has 0 spiro atoms. The van der Waals surface area contributed by atoms with E-state index in [4.69, 9.17) is 0 Å². The normalized spacial score (nSPS) is 11.0. The summed E-state index contributed by atoms with van der Waals surface area (Å²) >= 11 is 3.48. The highest BCUT2D eigenvalue weighted by atomic mass is 79.9. The minimum Gasteiger partial charge on any atom is -0.508 e. The van der Waals surface area contributed by atoms with Crippen molar-refractivity contribution in [2.45, 2.75) is 6.92 Å². The zero-order chi connectivity index (χ0) is 12.7. The van der Waals surface area contributed by atoms with Gasteiger partial charge in [-0.25, -0.2) is 4.98 Å². The van der Waals surface area contributed by atoms with Crippen molar-refractivity contribution in [3.8, 4) is 17.1 Å². The van der Waals surface area contributed by atoms with Gasteiger partial charge in [0.2, 0.25) is 0 Å². The number of H-pyrrole nitrogens is 1. The summed E-state index contributed by atoms with van der Waals surface area (Å²) < 4.78 is 0.959. The topological polar surface area (TPSA) is 48.9 Å². The van der Waals surface area contributed by atoms with Gasteiger partial charge in [0.1, 0.15) is 17.1 Å². The number of phenols is 1. The van der Waals surface area contributed by atoms with Crippen molar-refractivity contribution in [3.05, 3.63) is 46.4 Å². The van der Waals surface area contributed by atoms with Gasteiger partial charge in [-0.3, -0.25) is 0 Å². The molecule has 0 aliphatic carbocycles. The first-order valence-corrected chi connectivity index (χ1v) is 6.39. The predicted molar refractivity (Wildman–Crippen MR) is 75.6 cm³/mol. The van der Waals surface area contributed by atoms with Crippen LogP contribution in [0.4, 0.5) is 0 Å². The molecule has 3 aromatic rings. The summed E-state index contributed by atoms with van der Waals surface area (Å²) in [4.78, 5) is 7.84. The number of hydrogen-bond donors (Lipinski definition) is 2. The Balaban J connectivity index is 2.26. The summed E-state index contributed by atoms with van der Waals surface area (Å²) in [5, 5.41) is 9.74. The molecule has 3 rings (SSSR count). The predicted octanol–water partition coefficient (Wildman–Crippen LogP) is 4.01. The smallest absolute Gasteiger partial charge is 0.138 e. The van der Waals surface area contributed by atoms with Crippen LogP contribution in [0.15, 0.2) is 40.9 Å². The zero-order valence-electron chi connectivity index (χ0n) is 9.74. The largest absolute Gasteiger partial charge is 0.508 e. The molecule has 0 fully saturated rings. The molecule has 0 bridgehead atoms. The molecule has 18 heavy (non-hydrogen) atoms. The number of aromatic hydroxyl groups is 1. The number of nitrogens with one attached hydrogen (secondary N) is 1. The number of rotatable bonds is 1. The number of phenolic OH excluding ortho intramolecular Hbond substituents is 1. The van der Waals surface area contributed by atoms with Crippen LogP contribution >= 0.6 is 15.9 Å². The Morgan fingerprint density at radius 1 is 1.17 bits per heavy atom. The molecule has 0 unspecified atom stereocenters. The van der Waals surface area contributed by atoms with Crippen LogP contribution in [-0.4, -0.2) is 15.1 Å². The molecule has 0 saturated heterocycles. The number of fused-ring (bicyclic) bond motifs is 1. The fourth-order valence-electron chi connectivity index (χ4n) is 2.00. The summed E-state index contributed by atoms with van der Waals surface area (Å²) in [7, 11) is 0. The Hall–Kier alpha value is -1.81. The van der Waals surface area contributed by atoms with Crippen LogP contribution in [0.5, 0.6) is 5.75 Å². The molecule has 4 heteroatoms. The van der Waals surface area contributed by atoms with Crippen LogP contribution in [0, 0.1) is 6.92 Å². The number of aromatic nitrogens is 2. The van der Waals surface area contributed by atoms with Crippen LogP contribution < -0.4 is 0 Å². The van der Waals surface area contributed by atoms with E-state index in [1.165, 1.54) is 0 Å². The first-order valence-electron chi connectivity index (χ1n) is 5.60. The first kappa shape index (κ1) is 11.3. The third-order valence-corrected chi connectivity index (χ3v) is 3.66.